The van der Waals surface area contributed by atoms with Gasteiger partial charge in [0.1, 0.15) is 5.82 Å². The van der Waals surface area contributed by atoms with Crippen molar-refractivity contribution in [2.75, 3.05) is 5.73 Å². The zero-order valence-electron chi connectivity index (χ0n) is 6.59. The van der Waals surface area contributed by atoms with Crippen LogP contribution < -0.4 is 5.73 Å². The fourth-order valence-corrected chi connectivity index (χ4v) is 1.85. The van der Waals surface area contributed by atoms with Gasteiger partial charge in [0, 0.05) is 26.5 Å². The fourth-order valence-electron chi connectivity index (χ4n) is 1.19. The summed E-state index contributed by atoms with van der Waals surface area (Å²) >= 11 is 9.41. The SMILES string of the molecule is Nc1cc2c(Cl)ccc(Br)c2cn1. The molecule has 1 heterocycles. The first-order valence-corrected chi connectivity index (χ1v) is 4.85. The molecule has 0 aliphatic rings. The maximum atomic E-state index is 6.00. The average Bonchev–Trinajstić information content (AvgIpc) is 2.12. The van der Waals surface area contributed by atoms with Crippen LogP contribution in [-0.2, 0) is 0 Å². The van der Waals surface area contributed by atoms with Crippen LogP contribution in [0.15, 0.2) is 28.9 Å². The van der Waals surface area contributed by atoms with Crippen molar-refractivity contribution in [3.63, 3.8) is 0 Å². The quantitative estimate of drug-likeness (QED) is 0.787. The Morgan fingerprint density at radius 1 is 1.31 bits per heavy atom. The molecule has 2 rings (SSSR count). The third kappa shape index (κ3) is 1.49. The van der Waals surface area contributed by atoms with Gasteiger partial charge in [0.05, 0.1) is 0 Å². The highest BCUT2D eigenvalue weighted by molar-refractivity contribution is 9.10. The van der Waals surface area contributed by atoms with Gasteiger partial charge in [-0.1, -0.05) is 27.5 Å². The van der Waals surface area contributed by atoms with Gasteiger partial charge in [-0.25, -0.2) is 4.98 Å². The number of fused-ring (bicyclic) bond motifs is 1. The normalized spacial score (nSPS) is 10.6. The van der Waals surface area contributed by atoms with Crippen LogP contribution in [-0.4, -0.2) is 4.98 Å². The second-order valence-corrected chi connectivity index (χ2v) is 3.95. The average molecular weight is 258 g/mol. The van der Waals surface area contributed by atoms with E-state index in [1.807, 2.05) is 12.1 Å². The summed E-state index contributed by atoms with van der Waals surface area (Å²) < 4.78 is 0.972. The molecule has 2 nitrogen and oxygen atoms in total. The summed E-state index contributed by atoms with van der Waals surface area (Å²) in [6.07, 6.45) is 1.71. The molecule has 0 spiro atoms. The van der Waals surface area contributed by atoms with Gasteiger partial charge in [-0.2, -0.15) is 0 Å². The lowest BCUT2D eigenvalue weighted by Gasteiger charge is -2.02. The van der Waals surface area contributed by atoms with Gasteiger partial charge in [0.15, 0.2) is 0 Å². The highest BCUT2D eigenvalue weighted by Crippen LogP contribution is 2.29. The topological polar surface area (TPSA) is 38.9 Å². The first-order valence-electron chi connectivity index (χ1n) is 3.68. The van der Waals surface area contributed by atoms with Crippen LogP contribution >= 0.6 is 27.5 Å². The van der Waals surface area contributed by atoms with E-state index >= 15 is 0 Å². The van der Waals surface area contributed by atoms with E-state index in [0.29, 0.717) is 10.8 Å². The molecule has 0 aliphatic carbocycles. The molecular weight excluding hydrogens is 251 g/mol. The number of rotatable bonds is 0. The number of benzene rings is 1. The molecule has 2 N–H and O–H groups in total. The molecule has 0 unspecified atom stereocenters. The van der Waals surface area contributed by atoms with E-state index in [1.165, 1.54) is 0 Å². The van der Waals surface area contributed by atoms with E-state index in [-0.39, 0.29) is 0 Å². The molecule has 0 amide bonds. The van der Waals surface area contributed by atoms with E-state index in [2.05, 4.69) is 20.9 Å². The molecule has 0 aliphatic heterocycles. The summed E-state index contributed by atoms with van der Waals surface area (Å²) in [6, 6.07) is 5.48. The van der Waals surface area contributed by atoms with Crippen molar-refractivity contribution in [1.82, 2.24) is 4.98 Å². The molecule has 2 aromatic rings. The number of nitrogens with zero attached hydrogens (tertiary/aromatic N) is 1. The van der Waals surface area contributed by atoms with Crippen molar-refractivity contribution in [2.45, 2.75) is 0 Å². The van der Waals surface area contributed by atoms with Gasteiger partial charge in [-0.15, -0.1) is 0 Å². The molecular formula is C9H6BrClN2. The zero-order valence-corrected chi connectivity index (χ0v) is 8.93. The zero-order chi connectivity index (χ0) is 9.42. The lowest BCUT2D eigenvalue weighted by Crippen LogP contribution is -1.89. The smallest absolute Gasteiger partial charge is 0.123 e. The summed E-state index contributed by atoms with van der Waals surface area (Å²) in [5.74, 6) is 0.479. The molecule has 0 radical (unpaired) electrons. The standard InChI is InChI=1S/C9H6BrClN2/c10-7-1-2-8(11)5-3-9(12)13-4-6(5)7/h1-4H,(H2,12,13). The lowest BCUT2D eigenvalue weighted by atomic mass is 10.2. The van der Waals surface area contributed by atoms with Crippen LogP contribution in [0.2, 0.25) is 5.02 Å². The van der Waals surface area contributed by atoms with E-state index in [4.69, 9.17) is 17.3 Å². The Kier molecular flexibility index (Phi) is 2.14. The van der Waals surface area contributed by atoms with Gasteiger partial charge in [0.25, 0.3) is 0 Å². The fraction of sp³-hybridized carbons (Fsp3) is 0. The van der Waals surface area contributed by atoms with Crippen LogP contribution in [0.25, 0.3) is 10.8 Å². The van der Waals surface area contributed by atoms with Gasteiger partial charge in [0.2, 0.25) is 0 Å². The molecule has 1 aromatic heterocycles. The predicted molar refractivity (Wildman–Crippen MR) is 58.9 cm³/mol. The summed E-state index contributed by atoms with van der Waals surface area (Å²) in [7, 11) is 0. The number of anilines is 1. The lowest BCUT2D eigenvalue weighted by molar-refractivity contribution is 1.37. The highest BCUT2D eigenvalue weighted by atomic mass is 79.9. The molecule has 66 valence electrons. The molecule has 4 heteroatoms. The van der Waals surface area contributed by atoms with Crippen molar-refractivity contribution in [3.8, 4) is 0 Å². The number of hydrogen-bond acceptors (Lipinski definition) is 2. The third-order valence-electron chi connectivity index (χ3n) is 1.82. The first kappa shape index (κ1) is 8.78. The molecule has 0 saturated heterocycles. The maximum absolute atomic E-state index is 6.00. The van der Waals surface area contributed by atoms with Gasteiger partial charge < -0.3 is 5.73 Å². The van der Waals surface area contributed by atoms with Crippen LogP contribution in [0.1, 0.15) is 0 Å². The van der Waals surface area contributed by atoms with Crippen molar-refractivity contribution in [2.24, 2.45) is 0 Å². The highest BCUT2D eigenvalue weighted by Gasteiger charge is 2.03. The summed E-state index contributed by atoms with van der Waals surface area (Å²) in [5.41, 5.74) is 5.56. The van der Waals surface area contributed by atoms with Gasteiger partial charge in [-0.3, -0.25) is 0 Å². The minimum Gasteiger partial charge on any atom is -0.384 e. The predicted octanol–water partition coefficient (Wildman–Crippen LogP) is 3.23. The number of aromatic nitrogens is 1. The van der Waals surface area contributed by atoms with Crippen molar-refractivity contribution in [3.05, 3.63) is 33.9 Å². The van der Waals surface area contributed by atoms with Crippen LogP contribution in [0.4, 0.5) is 5.82 Å². The van der Waals surface area contributed by atoms with E-state index in [1.54, 1.807) is 12.3 Å². The van der Waals surface area contributed by atoms with Crippen LogP contribution in [0, 0.1) is 0 Å². The number of nitrogen functional groups attached to an aromatic ring is 1. The van der Waals surface area contributed by atoms with Crippen molar-refractivity contribution >= 4 is 44.1 Å². The monoisotopic (exact) mass is 256 g/mol. The van der Waals surface area contributed by atoms with Crippen LogP contribution in [0.3, 0.4) is 0 Å². The Morgan fingerprint density at radius 3 is 2.85 bits per heavy atom. The number of hydrogen-bond donors (Lipinski definition) is 1. The minimum absolute atomic E-state index is 0.479. The van der Waals surface area contributed by atoms with Crippen molar-refractivity contribution < 1.29 is 0 Å². The second-order valence-electron chi connectivity index (χ2n) is 2.68. The molecule has 13 heavy (non-hydrogen) atoms. The minimum atomic E-state index is 0.479. The molecule has 0 atom stereocenters. The number of nitrogens with two attached hydrogens (primary N) is 1. The van der Waals surface area contributed by atoms with E-state index in [0.717, 1.165) is 15.2 Å². The Bertz CT molecular complexity index is 470. The van der Waals surface area contributed by atoms with Gasteiger partial charge >= 0.3 is 0 Å². The van der Waals surface area contributed by atoms with Gasteiger partial charge in [-0.05, 0) is 18.2 Å². The third-order valence-corrected chi connectivity index (χ3v) is 2.84. The molecule has 0 bridgehead atoms. The molecule has 1 aromatic carbocycles. The number of pyridine rings is 1. The summed E-state index contributed by atoms with van der Waals surface area (Å²) in [6.45, 7) is 0. The number of halogens is 2. The first-order chi connectivity index (χ1) is 6.18. The van der Waals surface area contributed by atoms with Crippen molar-refractivity contribution in [1.29, 1.82) is 0 Å². The Balaban J connectivity index is 2.92. The second kappa shape index (κ2) is 3.16. The van der Waals surface area contributed by atoms with Crippen LogP contribution in [0.5, 0.6) is 0 Å². The Labute approximate surface area is 88.8 Å². The largest absolute Gasteiger partial charge is 0.384 e. The summed E-state index contributed by atoms with van der Waals surface area (Å²) in [5, 5.41) is 2.58. The maximum Gasteiger partial charge on any atom is 0.123 e. The Hall–Kier alpha value is -0.800. The van der Waals surface area contributed by atoms with E-state index in [9.17, 15) is 0 Å². The molecule has 0 fully saturated rings. The Morgan fingerprint density at radius 2 is 2.08 bits per heavy atom. The summed E-state index contributed by atoms with van der Waals surface area (Å²) in [4.78, 5) is 4.00. The molecule has 0 saturated carbocycles. The van der Waals surface area contributed by atoms with E-state index < -0.39 is 0 Å².